The first kappa shape index (κ1) is 12.1. The number of fused-ring (bicyclic) bond motifs is 1. The number of nitrogens with zero attached hydrogens (tertiary/aromatic N) is 1. The number of rotatable bonds is 1. The number of amides is 1. The lowest BCUT2D eigenvalue weighted by atomic mass is 10.2. The van der Waals surface area contributed by atoms with Crippen LogP contribution in [0.4, 0.5) is 9.18 Å². The molecule has 1 aliphatic carbocycles. The van der Waals surface area contributed by atoms with Crippen molar-refractivity contribution in [2.45, 2.75) is 32.0 Å². The molecule has 1 saturated carbocycles. The summed E-state index contributed by atoms with van der Waals surface area (Å²) in [5.74, 6) is -2.66. The first-order valence-corrected chi connectivity index (χ1v) is 5.55. The molecule has 0 radical (unpaired) electrons. The fraction of sp³-hybridized carbons (Fsp3) is 0.818. The van der Waals surface area contributed by atoms with Crippen LogP contribution in [0.3, 0.4) is 0 Å². The molecule has 1 amide bonds. The molecule has 0 aromatic carbocycles. The second-order valence-corrected chi connectivity index (χ2v) is 5.71. The summed E-state index contributed by atoms with van der Waals surface area (Å²) in [6, 6.07) is 0. The summed E-state index contributed by atoms with van der Waals surface area (Å²) >= 11 is 0. The van der Waals surface area contributed by atoms with E-state index in [0.29, 0.717) is 0 Å². The number of alkyl halides is 1. The molecule has 5 nitrogen and oxygen atoms in total. The van der Waals surface area contributed by atoms with Crippen molar-refractivity contribution in [1.29, 1.82) is 0 Å². The third-order valence-corrected chi connectivity index (χ3v) is 3.19. The van der Waals surface area contributed by atoms with Crippen LogP contribution in [0.2, 0.25) is 0 Å². The maximum absolute atomic E-state index is 14.0. The van der Waals surface area contributed by atoms with Crippen LogP contribution in [-0.2, 0) is 9.53 Å². The molecule has 2 rings (SSSR count). The maximum atomic E-state index is 14.0. The summed E-state index contributed by atoms with van der Waals surface area (Å²) in [4.78, 5) is 23.6. The highest BCUT2D eigenvalue weighted by Crippen LogP contribution is 2.58. The van der Waals surface area contributed by atoms with Gasteiger partial charge in [-0.05, 0) is 20.8 Å². The fourth-order valence-corrected chi connectivity index (χ4v) is 2.39. The van der Waals surface area contributed by atoms with Gasteiger partial charge in [0.25, 0.3) is 0 Å². The van der Waals surface area contributed by atoms with E-state index in [1.165, 1.54) is 4.90 Å². The molecule has 17 heavy (non-hydrogen) atoms. The molecule has 6 heteroatoms. The molecule has 0 aromatic rings. The first-order valence-electron chi connectivity index (χ1n) is 5.55. The molecule has 0 bridgehead atoms. The Morgan fingerprint density at radius 2 is 2.06 bits per heavy atom. The van der Waals surface area contributed by atoms with Crippen molar-refractivity contribution in [3.05, 3.63) is 0 Å². The van der Waals surface area contributed by atoms with Gasteiger partial charge in [0.2, 0.25) is 0 Å². The van der Waals surface area contributed by atoms with Gasteiger partial charge in [0, 0.05) is 12.5 Å². The normalized spacial score (nSPS) is 35.4. The topological polar surface area (TPSA) is 66.8 Å². The Kier molecular flexibility index (Phi) is 2.38. The summed E-state index contributed by atoms with van der Waals surface area (Å²) < 4.78 is 19.1. The molecule has 2 fully saturated rings. The number of aliphatic carboxylic acids is 1. The predicted molar refractivity (Wildman–Crippen MR) is 56.3 cm³/mol. The van der Waals surface area contributed by atoms with Crippen LogP contribution in [0.1, 0.15) is 20.8 Å². The van der Waals surface area contributed by atoms with E-state index in [2.05, 4.69) is 0 Å². The van der Waals surface area contributed by atoms with Crippen molar-refractivity contribution >= 4 is 12.1 Å². The molecule has 1 N–H and O–H groups in total. The van der Waals surface area contributed by atoms with Gasteiger partial charge >= 0.3 is 12.1 Å². The summed E-state index contributed by atoms with van der Waals surface area (Å²) in [5.41, 5.74) is -2.37. The highest BCUT2D eigenvalue weighted by Gasteiger charge is 2.75. The second-order valence-electron chi connectivity index (χ2n) is 5.71. The number of hydrogen-bond acceptors (Lipinski definition) is 3. The fourth-order valence-electron chi connectivity index (χ4n) is 2.39. The van der Waals surface area contributed by atoms with Gasteiger partial charge in [-0.15, -0.1) is 0 Å². The van der Waals surface area contributed by atoms with Crippen LogP contribution in [0.25, 0.3) is 0 Å². The minimum Gasteiger partial charge on any atom is -0.481 e. The number of likely N-dealkylation sites (tertiary alicyclic amines) is 1. The Balaban J connectivity index is 1.94. The average Bonchev–Trinajstić information content (AvgIpc) is 2.52. The molecule has 1 aliphatic heterocycles. The summed E-state index contributed by atoms with van der Waals surface area (Å²) in [7, 11) is 0. The molecule has 0 unspecified atom stereocenters. The van der Waals surface area contributed by atoms with Crippen LogP contribution in [0.15, 0.2) is 0 Å². The van der Waals surface area contributed by atoms with E-state index in [9.17, 15) is 14.0 Å². The van der Waals surface area contributed by atoms with Gasteiger partial charge in [-0.1, -0.05) is 0 Å². The van der Waals surface area contributed by atoms with Crippen molar-refractivity contribution < 1.29 is 23.8 Å². The van der Waals surface area contributed by atoms with Gasteiger partial charge in [0.15, 0.2) is 0 Å². The van der Waals surface area contributed by atoms with Gasteiger partial charge < -0.3 is 14.7 Å². The van der Waals surface area contributed by atoms with Crippen LogP contribution >= 0.6 is 0 Å². The number of carbonyl (C=O) groups excluding carboxylic acids is 1. The molecule has 96 valence electrons. The number of hydrogen-bond donors (Lipinski definition) is 1. The number of carbonyl (C=O) groups is 2. The van der Waals surface area contributed by atoms with E-state index in [1.54, 1.807) is 20.8 Å². The quantitative estimate of drug-likeness (QED) is 0.755. The number of carboxylic acid groups (broad SMARTS) is 1. The first-order chi connectivity index (χ1) is 7.65. The largest absolute Gasteiger partial charge is 0.481 e. The third-order valence-electron chi connectivity index (χ3n) is 3.19. The van der Waals surface area contributed by atoms with Gasteiger partial charge in [-0.25, -0.2) is 9.18 Å². The summed E-state index contributed by atoms with van der Waals surface area (Å²) in [5, 5.41) is 8.76. The minimum absolute atomic E-state index is 0.127. The van der Waals surface area contributed by atoms with Crippen molar-refractivity contribution in [3.8, 4) is 0 Å². The van der Waals surface area contributed by atoms with E-state index >= 15 is 0 Å². The molecule has 0 spiro atoms. The lowest BCUT2D eigenvalue weighted by molar-refractivity contribution is -0.140. The van der Waals surface area contributed by atoms with Gasteiger partial charge in [-0.2, -0.15) is 0 Å². The average molecular weight is 245 g/mol. The molecular weight excluding hydrogens is 229 g/mol. The molecule has 1 heterocycles. The SMILES string of the molecule is CC(C)(C)OC(=O)N1C[C@H]2[C@H](C(=O)O)[C@@]2(F)C1. The molecular formula is C11H16FNO4. The highest BCUT2D eigenvalue weighted by atomic mass is 19.1. The van der Waals surface area contributed by atoms with Crippen LogP contribution < -0.4 is 0 Å². The van der Waals surface area contributed by atoms with E-state index in [0.717, 1.165) is 0 Å². The molecule has 0 aromatic heterocycles. The smallest absolute Gasteiger partial charge is 0.410 e. The number of carboxylic acids is 1. The van der Waals surface area contributed by atoms with E-state index in [1.807, 2.05) is 0 Å². The molecule has 1 saturated heterocycles. The number of piperidine rings is 1. The Hall–Kier alpha value is -1.33. The summed E-state index contributed by atoms with van der Waals surface area (Å²) in [6.45, 7) is 5.14. The minimum atomic E-state index is -1.75. The van der Waals surface area contributed by atoms with Crippen LogP contribution in [-0.4, -0.2) is 46.4 Å². The Bertz CT molecular complexity index is 378. The second kappa shape index (κ2) is 3.34. The highest BCUT2D eigenvalue weighted by molar-refractivity contribution is 5.79. The van der Waals surface area contributed by atoms with Crippen molar-refractivity contribution in [2.24, 2.45) is 11.8 Å². The lowest BCUT2D eigenvalue weighted by Crippen LogP contribution is -2.39. The maximum Gasteiger partial charge on any atom is 0.410 e. The van der Waals surface area contributed by atoms with Gasteiger partial charge in [0.05, 0.1) is 6.54 Å². The number of ether oxygens (including phenoxy) is 1. The Morgan fingerprint density at radius 1 is 1.47 bits per heavy atom. The van der Waals surface area contributed by atoms with E-state index in [4.69, 9.17) is 9.84 Å². The molecule has 3 atom stereocenters. The lowest BCUT2D eigenvalue weighted by Gasteiger charge is -2.25. The van der Waals surface area contributed by atoms with Gasteiger partial charge in [0.1, 0.15) is 17.2 Å². The molecule has 2 aliphatic rings. The van der Waals surface area contributed by atoms with Gasteiger partial charge in [-0.3, -0.25) is 4.79 Å². The predicted octanol–water partition coefficient (Wildman–Crippen LogP) is 1.28. The monoisotopic (exact) mass is 245 g/mol. The van der Waals surface area contributed by atoms with Crippen LogP contribution in [0, 0.1) is 11.8 Å². The van der Waals surface area contributed by atoms with E-state index in [-0.39, 0.29) is 13.1 Å². The standard InChI is InChI=1S/C11H16FNO4/c1-10(2,3)17-9(16)13-4-6-7(8(14)15)11(6,12)5-13/h6-7H,4-5H2,1-3H3,(H,14,15)/t6-,7+,11+/m0/s1. The van der Waals surface area contributed by atoms with Crippen molar-refractivity contribution in [2.75, 3.05) is 13.1 Å². The summed E-state index contributed by atoms with van der Waals surface area (Å²) in [6.07, 6.45) is -0.578. The van der Waals surface area contributed by atoms with E-state index < -0.39 is 35.2 Å². The Morgan fingerprint density at radius 3 is 2.41 bits per heavy atom. The zero-order valence-corrected chi connectivity index (χ0v) is 10.1. The van der Waals surface area contributed by atoms with Crippen molar-refractivity contribution in [3.63, 3.8) is 0 Å². The third kappa shape index (κ3) is 1.96. The zero-order valence-electron chi connectivity index (χ0n) is 10.1. The van der Waals surface area contributed by atoms with Crippen molar-refractivity contribution in [1.82, 2.24) is 4.90 Å². The number of halogens is 1. The van der Waals surface area contributed by atoms with Crippen LogP contribution in [0.5, 0.6) is 0 Å². The Labute approximate surface area is 98.5 Å². The zero-order chi connectivity index (χ0) is 13.0.